The molecule has 0 saturated heterocycles. The second-order valence-electron chi connectivity index (χ2n) is 8.09. The van der Waals surface area contributed by atoms with Gasteiger partial charge in [-0.3, -0.25) is 9.59 Å². The number of halogens is 2. The van der Waals surface area contributed by atoms with Crippen LogP contribution in [0.2, 0.25) is 10.0 Å². The van der Waals surface area contributed by atoms with Crippen LogP contribution < -0.4 is 19.7 Å². The van der Waals surface area contributed by atoms with E-state index in [0.29, 0.717) is 45.9 Å². The fourth-order valence-corrected chi connectivity index (χ4v) is 4.14. The molecule has 1 aliphatic rings. The molecule has 3 aromatic carbocycles. The molecule has 0 radical (unpaired) electrons. The molecule has 0 bridgehead atoms. The van der Waals surface area contributed by atoms with Gasteiger partial charge in [0.2, 0.25) is 5.91 Å². The van der Waals surface area contributed by atoms with Crippen molar-refractivity contribution in [1.82, 2.24) is 0 Å². The number of benzene rings is 3. The van der Waals surface area contributed by atoms with Gasteiger partial charge in [-0.1, -0.05) is 41.4 Å². The average molecular weight is 511 g/mol. The van der Waals surface area contributed by atoms with E-state index >= 15 is 0 Å². The monoisotopic (exact) mass is 510 g/mol. The highest BCUT2D eigenvalue weighted by molar-refractivity contribution is 6.35. The minimum absolute atomic E-state index is 0.148. The summed E-state index contributed by atoms with van der Waals surface area (Å²) in [6.07, 6.45) is 2.34. The molecule has 35 heavy (non-hydrogen) atoms. The minimum atomic E-state index is -0.653. The first-order valence-electron chi connectivity index (χ1n) is 11.1. The van der Waals surface area contributed by atoms with Crippen molar-refractivity contribution in [2.45, 2.75) is 20.0 Å². The largest absolute Gasteiger partial charge is 0.492 e. The first-order chi connectivity index (χ1) is 16.8. The maximum Gasteiger partial charge on any atom is 0.267 e. The third kappa shape index (κ3) is 6.15. The first kappa shape index (κ1) is 24.6. The Morgan fingerprint density at radius 3 is 2.74 bits per heavy atom. The normalized spacial score (nSPS) is 15.0. The van der Waals surface area contributed by atoms with Gasteiger partial charge in [0.05, 0.1) is 12.2 Å². The molecular formula is C27H24Cl2N2O4. The summed E-state index contributed by atoms with van der Waals surface area (Å²) >= 11 is 12.0. The van der Waals surface area contributed by atoms with Crippen molar-refractivity contribution in [3.05, 3.63) is 87.9 Å². The summed E-state index contributed by atoms with van der Waals surface area (Å²) in [5.41, 5.74) is 2.95. The molecule has 4 rings (SSSR count). The van der Waals surface area contributed by atoms with Crippen LogP contribution in [0.5, 0.6) is 11.5 Å². The highest BCUT2D eigenvalue weighted by atomic mass is 35.5. The Labute approximate surface area is 214 Å². The number of ether oxygens (including phenoxy) is 2. The number of carbonyl (C=O) groups is 2. The van der Waals surface area contributed by atoms with Gasteiger partial charge >= 0.3 is 0 Å². The zero-order chi connectivity index (χ0) is 24.9. The lowest BCUT2D eigenvalue weighted by atomic mass is 10.1. The van der Waals surface area contributed by atoms with Crippen molar-refractivity contribution in [3.63, 3.8) is 0 Å². The van der Waals surface area contributed by atoms with Gasteiger partial charge in [0.25, 0.3) is 5.91 Å². The van der Waals surface area contributed by atoms with E-state index in [-0.39, 0.29) is 11.8 Å². The van der Waals surface area contributed by atoms with Gasteiger partial charge in [0.1, 0.15) is 18.1 Å². The second-order valence-corrected chi connectivity index (χ2v) is 8.93. The number of hydrogen-bond donors (Lipinski definition) is 1. The fraction of sp³-hybridized carbons (Fsp3) is 0.185. The number of anilines is 2. The highest BCUT2D eigenvalue weighted by Gasteiger charge is 2.31. The van der Waals surface area contributed by atoms with Gasteiger partial charge in [-0.05, 0) is 67.4 Å². The summed E-state index contributed by atoms with van der Waals surface area (Å²) < 4.78 is 11.6. The molecule has 1 unspecified atom stereocenters. The van der Waals surface area contributed by atoms with Gasteiger partial charge in [0.15, 0.2) is 6.10 Å². The van der Waals surface area contributed by atoms with E-state index in [2.05, 4.69) is 5.32 Å². The fourth-order valence-electron chi connectivity index (χ4n) is 3.66. The number of rotatable bonds is 7. The number of nitrogens with one attached hydrogen (secondary N) is 1. The molecule has 1 aliphatic heterocycles. The van der Waals surface area contributed by atoms with Crippen LogP contribution in [-0.2, 0) is 9.59 Å². The van der Waals surface area contributed by atoms with Crippen molar-refractivity contribution in [3.8, 4) is 11.5 Å². The van der Waals surface area contributed by atoms with Crippen molar-refractivity contribution >= 4 is 52.5 Å². The van der Waals surface area contributed by atoms with Crippen molar-refractivity contribution in [1.29, 1.82) is 0 Å². The third-order valence-corrected chi connectivity index (χ3v) is 5.95. The number of amides is 2. The maximum atomic E-state index is 12.8. The molecule has 0 aromatic heterocycles. The molecule has 1 N–H and O–H groups in total. The van der Waals surface area contributed by atoms with E-state index in [1.165, 1.54) is 6.08 Å². The van der Waals surface area contributed by atoms with Crippen molar-refractivity contribution < 1.29 is 19.1 Å². The number of hydrogen-bond acceptors (Lipinski definition) is 4. The number of aryl methyl sites for hydroxylation is 1. The van der Waals surface area contributed by atoms with Crippen LogP contribution >= 0.6 is 23.2 Å². The summed E-state index contributed by atoms with van der Waals surface area (Å²) in [5.74, 6) is 0.782. The standard InChI is InChI=1S/C27H24Cl2N2O4/c1-17-4-3-5-22(14-17)34-13-12-31-24-10-9-21(16-25(24)35-18(2)27(31)33)30-26(32)11-7-19-6-8-20(28)15-23(19)29/h3-11,14-16,18H,12-13H2,1-2H3,(H,30,32)/b11-7+. The molecule has 8 heteroatoms. The van der Waals surface area contributed by atoms with E-state index in [9.17, 15) is 9.59 Å². The summed E-state index contributed by atoms with van der Waals surface area (Å²) in [5, 5.41) is 3.78. The van der Waals surface area contributed by atoms with Crippen molar-refractivity contribution in [2.24, 2.45) is 0 Å². The average Bonchev–Trinajstić information content (AvgIpc) is 2.81. The second kappa shape index (κ2) is 10.8. The van der Waals surface area contributed by atoms with Crippen LogP contribution in [-0.4, -0.2) is 31.1 Å². The summed E-state index contributed by atoms with van der Waals surface area (Å²) in [7, 11) is 0. The van der Waals surface area contributed by atoms with Gasteiger partial charge < -0.3 is 19.7 Å². The van der Waals surface area contributed by atoms with Crippen LogP contribution in [0.1, 0.15) is 18.1 Å². The predicted octanol–water partition coefficient (Wildman–Crippen LogP) is 6.15. The van der Waals surface area contributed by atoms with E-state index in [1.807, 2.05) is 31.2 Å². The smallest absolute Gasteiger partial charge is 0.267 e. The van der Waals surface area contributed by atoms with Crippen molar-refractivity contribution in [2.75, 3.05) is 23.4 Å². The lowest BCUT2D eigenvalue weighted by Crippen LogP contribution is -2.46. The van der Waals surface area contributed by atoms with E-state index < -0.39 is 6.10 Å². The number of carbonyl (C=O) groups excluding carboxylic acids is 2. The third-order valence-electron chi connectivity index (χ3n) is 5.39. The Balaban J connectivity index is 1.43. The zero-order valence-corrected chi connectivity index (χ0v) is 20.8. The Morgan fingerprint density at radius 2 is 1.97 bits per heavy atom. The molecule has 2 amide bonds. The van der Waals surface area contributed by atoms with Gasteiger partial charge in [-0.15, -0.1) is 0 Å². The quantitative estimate of drug-likeness (QED) is 0.387. The topological polar surface area (TPSA) is 67.9 Å². The van der Waals surface area contributed by atoms with Crippen LogP contribution in [0.4, 0.5) is 11.4 Å². The van der Waals surface area contributed by atoms with Crippen LogP contribution in [0.25, 0.3) is 6.08 Å². The Kier molecular flexibility index (Phi) is 7.63. The molecule has 3 aromatic rings. The SMILES string of the molecule is Cc1cccc(OCCN2C(=O)C(C)Oc3cc(NC(=O)/C=C/c4ccc(Cl)cc4Cl)ccc32)c1. The summed E-state index contributed by atoms with van der Waals surface area (Å²) in [6, 6.07) is 18.0. The van der Waals surface area contributed by atoms with E-state index in [0.717, 1.165) is 11.3 Å². The molecule has 180 valence electrons. The number of fused-ring (bicyclic) bond motifs is 1. The molecule has 1 atom stereocenters. The summed E-state index contributed by atoms with van der Waals surface area (Å²) in [6.45, 7) is 4.39. The lowest BCUT2D eigenvalue weighted by molar-refractivity contribution is -0.125. The molecular weight excluding hydrogens is 487 g/mol. The Hall–Kier alpha value is -3.48. The molecule has 6 nitrogen and oxygen atoms in total. The molecule has 1 heterocycles. The van der Waals surface area contributed by atoms with Crippen LogP contribution in [0, 0.1) is 6.92 Å². The molecule has 0 aliphatic carbocycles. The molecule has 0 fully saturated rings. The molecule has 0 spiro atoms. The number of nitrogens with zero attached hydrogens (tertiary/aromatic N) is 1. The highest BCUT2D eigenvalue weighted by Crippen LogP contribution is 2.36. The van der Waals surface area contributed by atoms with Gasteiger partial charge in [0, 0.05) is 27.9 Å². The van der Waals surface area contributed by atoms with Gasteiger partial charge in [-0.25, -0.2) is 0 Å². The van der Waals surface area contributed by atoms with Crippen LogP contribution in [0.3, 0.4) is 0 Å². The van der Waals surface area contributed by atoms with Gasteiger partial charge in [-0.2, -0.15) is 0 Å². The van der Waals surface area contributed by atoms with Crippen LogP contribution in [0.15, 0.2) is 66.7 Å². The zero-order valence-electron chi connectivity index (χ0n) is 19.3. The first-order valence-corrected chi connectivity index (χ1v) is 11.8. The Morgan fingerprint density at radius 1 is 1.14 bits per heavy atom. The van der Waals surface area contributed by atoms with E-state index in [1.54, 1.807) is 54.3 Å². The Bertz CT molecular complexity index is 1290. The molecule has 0 saturated carbocycles. The minimum Gasteiger partial charge on any atom is -0.492 e. The summed E-state index contributed by atoms with van der Waals surface area (Å²) in [4.78, 5) is 26.8. The predicted molar refractivity (Wildman–Crippen MR) is 140 cm³/mol. The van der Waals surface area contributed by atoms with E-state index in [4.69, 9.17) is 32.7 Å². The lowest BCUT2D eigenvalue weighted by Gasteiger charge is -2.33. The maximum absolute atomic E-state index is 12.8.